The van der Waals surface area contributed by atoms with E-state index in [9.17, 15) is 9.59 Å². The van der Waals surface area contributed by atoms with Gasteiger partial charge in [0.1, 0.15) is 0 Å². The maximum atomic E-state index is 12.3. The number of hydrogen-bond donors (Lipinski definition) is 2. The molecule has 2 heterocycles. The van der Waals surface area contributed by atoms with Gasteiger partial charge in [-0.3, -0.25) is 14.6 Å². The van der Waals surface area contributed by atoms with Crippen molar-refractivity contribution >= 4 is 40.4 Å². The van der Waals surface area contributed by atoms with E-state index in [1.807, 2.05) is 29.6 Å². The molecule has 0 aliphatic heterocycles. The second-order valence-corrected chi connectivity index (χ2v) is 6.48. The number of benzene rings is 1. The third-order valence-electron chi connectivity index (χ3n) is 3.37. The Balaban J connectivity index is 1.65. The fourth-order valence-corrected chi connectivity index (χ4v) is 3.03. The number of nitrogens with one attached hydrogen (secondary N) is 2. The zero-order valence-electron chi connectivity index (χ0n) is 13.0. The van der Waals surface area contributed by atoms with Crippen molar-refractivity contribution in [3.05, 3.63) is 81.3 Å². The normalized spacial score (nSPS) is 10.3. The highest BCUT2D eigenvalue weighted by Crippen LogP contribution is 2.22. The summed E-state index contributed by atoms with van der Waals surface area (Å²) in [6, 6.07) is 13.8. The highest BCUT2D eigenvalue weighted by molar-refractivity contribution is 7.12. The molecule has 0 spiro atoms. The lowest BCUT2D eigenvalue weighted by Crippen LogP contribution is -2.23. The number of hydrogen-bond acceptors (Lipinski definition) is 4. The van der Waals surface area contributed by atoms with Gasteiger partial charge in [-0.1, -0.05) is 23.7 Å². The maximum absolute atomic E-state index is 12.3. The summed E-state index contributed by atoms with van der Waals surface area (Å²) in [4.78, 5) is 29.0. The first-order chi connectivity index (χ1) is 12.1. The fraction of sp³-hybridized carbons (Fsp3) is 0.0556. The Hall–Kier alpha value is -2.70. The van der Waals surface area contributed by atoms with Gasteiger partial charge in [-0.15, -0.1) is 11.3 Å². The van der Waals surface area contributed by atoms with Crippen LogP contribution in [0.4, 0.5) is 5.69 Å². The molecule has 2 amide bonds. The average molecular weight is 372 g/mol. The number of carbonyl (C=O) groups is 2. The minimum absolute atomic E-state index is 0.210. The molecule has 2 N–H and O–H groups in total. The second kappa shape index (κ2) is 7.92. The number of thiophene rings is 1. The lowest BCUT2D eigenvalue weighted by Gasteiger charge is -2.09. The molecule has 0 bridgehead atoms. The number of halogens is 1. The van der Waals surface area contributed by atoms with E-state index in [0.29, 0.717) is 22.7 Å². The number of anilines is 1. The van der Waals surface area contributed by atoms with Gasteiger partial charge in [0.25, 0.3) is 11.8 Å². The van der Waals surface area contributed by atoms with Crippen molar-refractivity contribution in [1.29, 1.82) is 0 Å². The molecule has 0 aliphatic rings. The van der Waals surface area contributed by atoms with E-state index in [1.54, 1.807) is 30.5 Å². The first-order valence-corrected chi connectivity index (χ1v) is 8.72. The van der Waals surface area contributed by atoms with Gasteiger partial charge >= 0.3 is 0 Å². The molecular weight excluding hydrogens is 358 g/mol. The van der Waals surface area contributed by atoms with Gasteiger partial charge in [-0.2, -0.15) is 0 Å². The Morgan fingerprint density at radius 1 is 1.08 bits per heavy atom. The first-order valence-electron chi connectivity index (χ1n) is 7.46. The largest absolute Gasteiger partial charge is 0.346 e. The highest BCUT2D eigenvalue weighted by atomic mass is 35.5. The monoisotopic (exact) mass is 371 g/mol. The summed E-state index contributed by atoms with van der Waals surface area (Å²) in [6.45, 7) is 0.312. The van der Waals surface area contributed by atoms with Crippen LogP contribution in [0.1, 0.15) is 25.7 Å². The number of aromatic nitrogens is 1. The van der Waals surface area contributed by atoms with Crippen molar-refractivity contribution in [2.45, 2.75) is 6.54 Å². The minimum atomic E-state index is -0.299. The van der Waals surface area contributed by atoms with E-state index in [2.05, 4.69) is 15.6 Å². The molecule has 0 saturated carbocycles. The summed E-state index contributed by atoms with van der Waals surface area (Å²) in [5, 5.41) is 7.62. The molecule has 5 nitrogen and oxygen atoms in total. The van der Waals surface area contributed by atoms with Gasteiger partial charge in [0, 0.05) is 11.9 Å². The number of nitrogens with zero attached hydrogens (tertiary/aromatic N) is 1. The molecule has 0 radical (unpaired) electrons. The lowest BCUT2D eigenvalue weighted by molar-refractivity contribution is 0.0950. The summed E-state index contributed by atoms with van der Waals surface area (Å²) in [7, 11) is 0. The van der Waals surface area contributed by atoms with Gasteiger partial charge < -0.3 is 10.6 Å². The molecule has 0 atom stereocenters. The number of pyridine rings is 1. The number of rotatable bonds is 5. The third-order valence-corrected chi connectivity index (χ3v) is 4.55. The molecular formula is C18H14ClN3O2S. The van der Waals surface area contributed by atoms with Gasteiger partial charge in [-0.05, 0) is 41.8 Å². The first kappa shape index (κ1) is 17.1. The van der Waals surface area contributed by atoms with Crippen LogP contribution in [0.3, 0.4) is 0 Å². The van der Waals surface area contributed by atoms with E-state index in [-0.39, 0.29) is 16.8 Å². The number of carbonyl (C=O) groups excluding carboxylic acids is 2. The van der Waals surface area contributed by atoms with Crippen LogP contribution in [0, 0.1) is 0 Å². The van der Waals surface area contributed by atoms with Crippen molar-refractivity contribution in [3.8, 4) is 0 Å². The molecule has 25 heavy (non-hydrogen) atoms. The molecule has 3 aromatic rings. The van der Waals surface area contributed by atoms with Gasteiger partial charge in [0.05, 0.1) is 27.7 Å². The van der Waals surface area contributed by atoms with Crippen LogP contribution in [0.5, 0.6) is 0 Å². The van der Waals surface area contributed by atoms with Crippen LogP contribution in [0.2, 0.25) is 5.02 Å². The molecule has 0 fully saturated rings. The molecule has 0 unspecified atom stereocenters. The standard InChI is InChI=1S/C18H14ClN3O2S/c19-15-10-12(22-18(24)16-5-3-9-25-16)6-7-14(15)17(23)21-11-13-4-1-2-8-20-13/h1-10H,11H2,(H,21,23)(H,22,24). The van der Waals surface area contributed by atoms with Crippen LogP contribution in [0.25, 0.3) is 0 Å². The van der Waals surface area contributed by atoms with Gasteiger partial charge in [-0.25, -0.2) is 0 Å². The molecule has 2 aromatic heterocycles. The van der Waals surface area contributed by atoms with E-state index < -0.39 is 0 Å². The van der Waals surface area contributed by atoms with Crippen LogP contribution >= 0.6 is 22.9 Å². The number of amides is 2. The SMILES string of the molecule is O=C(Nc1ccc(C(=O)NCc2ccccn2)c(Cl)c1)c1cccs1. The zero-order valence-corrected chi connectivity index (χ0v) is 14.6. The quantitative estimate of drug-likeness (QED) is 0.712. The van der Waals surface area contributed by atoms with Crippen molar-refractivity contribution in [1.82, 2.24) is 10.3 Å². The predicted octanol–water partition coefficient (Wildman–Crippen LogP) is 3.98. The minimum Gasteiger partial charge on any atom is -0.346 e. The molecule has 126 valence electrons. The zero-order chi connectivity index (χ0) is 17.6. The van der Waals surface area contributed by atoms with Crippen LogP contribution < -0.4 is 10.6 Å². The van der Waals surface area contributed by atoms with E-state index in [0.717, 1.165) is 5.69 Å². The van der Waals surface area contributed by atoms with E-state index >= 15 is 0 Å². The molecule has 7 heteroatoms. The van der Waals surface area contributed by atoms with Crippen molar-refractivity contribution < 1.29 is 9.59 Å². The smallest absolute Gasteiger partial charge is 0.265 e. The topological polar surface area (TPSA) is 71.1 Å². The average Bonchev–Trinajstić information content (AvgIpc) is 3.15. The molecule has 0 aliphatic carbocycles. The predicted molar refractivity (Wildman–Crippen MR) is 99.1 cm³/mol. The van der Waals surface area contributed by atoms with Crippen molar-refractivity contribution in [2.75, 3.05) is 5.32 Å². The Kier molecular flexibility index (Phi) is 5.42. The van der Waals surface area contributed by atoms with Crippen molar-refractivity contribution in [2.24, 2.45) is 0 Å². The summed E-state index contributed by atoms with van der Waals surface area (Å²) < 4.78 is 0. The molecule has 3 rings (SSSR count). The summed E-state index contributed by atoms with van der Waals surface area (Å²) in [5.74, 6) is -0.509. The van der Waals surface area contributed by atoms with Crippen LogP contribution in [-0.2, 0) is 6.54 Å². The summed E-state index contributed by atoms with van der Waals surface area (Å²) in [6.07, 6.45) is 1.67. The van der Waals surface area contributed by atoms with Crippen LogP contribution in [0.15, 0.2) is 60.1 Å². The van der Waals surface area contributed by atoms with E-state index in [4.69, 9.17) is 11.6 Å². The van der Waals surface area contributed by atoms with Crippen LogP contribution in [-0.4, -0.2) is 16.8 Å². The highest BCUT2D eigenvalue weighted by Gasteiger charge is 2.13. The Morgan fingerprint density at radius 2 is 1.96 bits per heavy atom. The Bertz CT molecular complexity index is 883. The third kappa shape index (κ3) is 4.43. The maximum Gasteiger partial charge on any atom is 0.265 e. The molecule has 0 saturated heterocycles. The molecule has 1 aromatic carbocycles. The van der Waals surface area contributed by atoms with Gasteiger partial charge in [0.2, 0.25) is 0 Å². The summed E-state index contributed by atoms with van der Waals surface area (Å²) >= 11 is 7.54. The Labute approximate surface area is 153 Å². The van der Waals surface area contributed by atoms with E-state index in [1.165, 1.54) is 11.3 Å². The lowest BCUT2D eigenvalue weighted by atomic mass is 10.2. The Morgan fingerprint density at radius 3 is 2.64 bits per heavy atom. The fourth-order valence-electron chi connectivity index (χ4n) is 2.15. The van der Waals surface area contributed by atoms with Crippen molar-refractivity contribution in [3.63, 3.8) is 0 Å². The second-order valence-electron chi connectivity index (χ2n) is 5.13. The summed E-state index contributed by atoms with van der Waals surface area (Å²) in [5.41, 5.74) is 1.63. The van der Waals surface area contributed by atoms with Gasteiger partial charge in [0.15, 0.2) is 0 Å².